The predicted molar refractivity (Wildman–Crippen MR) is 83.3 cm³/mol. The van der Waals surface area contributed by atoms with E-state index >= 15 is 0 Å². The second kappa shape index (κ2) is 5.49. The molecule has 2 aliphatic carbocycles. The number of hydrogen-bond donors (Lipinski definition) is 1. The largest absolute Gasteiger partial charge is 0.486 e. The van der Waals surface area contributed by atoms with Crippen LogP contribution in [-0.4, -0.2) is 25.7 Å². The highest BCUT2D eigenvalue weighted by atomic mass is 16.6. The van der Waals surface area contributed by atoms with E-state index in [1.54, 1.807) is 0 Å². The van der Waals surface area contributed by atoms with Gasteiger partial charge in [-0.25, -0.2) is 0 Å². The molecule has 0 spiro atoms. The fourth-order valence-corrected chi connectivity index (χ4v) is 3.74. The third-order valence-electron chi connectivity index (χ3n) is 5.26. The van der Waals surface area contributed by atoms with Gasteiger partial charge in [0.1, 0.15) is 13.2 Å². The second-order valence-corrected chi connectivity index (χ2v) is 6.84. The number of benzene rings is 1. The van der Waals surface area contributed by atoms with Gasteiger partial charge < -0.3 is 14.8 Å². The number of carbonyl (C=O) groups is 1. The Hall–Kier alpha value is -1.71. The Morgan fingerprint density at radius 3 is 2.59 bits per heavy atom. The normalized spacial score (nSPS) is 22.4. The number of ether oxygens (including phenoxy) is 2. The van der Waals surface area contributed by atoms with Crippen molar-refractivity contribution in [2.75, 3.05) is 19.8 Å². The Labute approximate surface area is 131 Å². The molecular formula is C18H23NO3. The van der Waals surface area contributed by atoms with E-state index in [0.717, 1.165) is 43.7 Å². The maximum Gasteiger partial charge on any atom is 0.223 e. The summed E-state index contributed by atoms with van der Waals surface area (Å²) in [6.45, 7) is 1.98. The minimum absolute atomic E-state index is 0.0698. The van der Waals surface area contributed by atoms with E-state index in [2.05, 4.69) is 17.4 Å². The molecule has 0 atom stereocenters. The molecule has 1 heterocycles. The number of amides is 1. The monoisotopic (exact) mass is 301 g/mol. The van der Waals surface area contributed by atoms with Crippen LogP contribution in [0.3, 0.4) is 0 Å². The lowest BCUT2D eigenvalue weighted by molar-refractivity contribution is -0.122. The predicted octanol–water partition coefficient (Wildman–Crippen LogP) is 2.80. The maximum atomic E-state index is 12.0. The SMILES string of the molecule is O=C(NCC1(c2ccc3c(c2)OCCO3)CCCC1)C1CC1. The van der Waals surface area contributed by atoms with Crippen molar-refractivity contribution >= 4 is 5.91 Å². The molecule has 3 aliphatic rings. The van der Waals surface area contributed by atoms with Crippen molar-refractivity contribution in [3.8, 4) is 11.5 Å². The molecule has 1 aliphatic heterocycles. The molecule has 1 N–H and O–H groups in total. The van der Waals surface area contributed by atoms with Gasteiger partial charge in [0.15, 0.2) is 11.5 Å². The highest BCUT2D eigenvalue weighted by Gasteiger charge is 2.38. The molecule has 0 unspecified atom stereocenters. The van der Waals surface area contributed by atoms with Gasteiger partial charge in [0.25, 0.3) is 0 Å². The van der Waals surface area contributed by atoms with Crippen molar-refractivity contribution in [1.29, 1.82) is 0 Å². The topological polar surface area (TPSA) is 47.6 Å². The standard InChI is InChI=1S/C18H23NO3/c20-17(13-3-4-13)19-12-18(7-1-2-8-18)14-5-6-15-16(11-14)22-10-9-21-15/h5-6,11,13H,1-4,7-10,12H2,(H,19,20). The quantitative estimate of drug-likeness (QED) is 0.930. The van der Waals surface area contributed by atoms with Gasteiger partial charge in [0.2, 0.25) is 5.91 Å². The Kier molecular flexibility index (Phi) is 3.47. The molecule has 0 radical (unpaired) electrons. The summed E-state index contributed by atoms with van der Waals surface area (Å²) in [6, 6.07) is 6.30. The lowest BCUT2D eigenvalue weighted by Gasteiger charge is -2.31. The van der Waals surface area contributed by atoms with Crippen LogP contribution in [0.2, 0.25) is 0 Å². The average Bonchev–Trinajstić information content (AvgIpc) is 3.31. The average molecular weight is 301 g/mol. The molecule has 1 aromatic carbocycles. The third kappa shape index (κ3) is 2.55. The number of carbonyl (C=O) groups excluding carboxylic acids is 1. The first-order valence-electron chi connectivity index (χ1n) is 8.45. The smallest absolute Gasteiger partial charge is 0.223 e. The first-order valence-corrected chi connectivity index (χ1v) is 8.45. The molecule has 2 saturated carbocycles. The van der Waals surface area contributed by atoms with Crippen LogP contribution in [0.5, 0.6) is 11.5 Å². The molecule has 0 aromatic heterocycles. The minimum atomic E-state index is 0.0698. The summed E-state index contributed by atoms with van der Waals surface area (Å²) in [5, 5.41) is 3.19. The fraction of sp³-hybridized carbons (Fsp3) is 0.611. The van der Waals surface area contributed by atoms with Crippen LogP contribution in [0.25, 0.3) is 0 Å². The Balaban J connectivity index is 1.56. The molecule has 4 heteroatoms. The van der Waals surface area contributed by atoms with Gasteiger partial charge in [-0.3, -0.25) is 4.79 Å². The number of fused-ring (bicyclic) bond motifs is 1. The Bertz CT molecular complexity index is 574. The van der Waals surface area contributed by atoms with Gasteiger partial charge in [0, 0.05) is 17.9 Å². The van der Waals surface area contributed by atoms with Gasteiger partial charge in [-0.15, -0.1) is 0 Å². The number of hydrogen-bond acceptors (Lipinski definition) is 3. The van der Waals surface area contributed by atoms with E-state index in [9.17, 15) is 4.79 Å². The Morgan fingerprint density at radius 1 is 1.14 bits per heavy atom. The highest BCUT2D eigenvalue weighted by molar-refractivity contribution is 5.80. The molecule has 4 nitrogen and oxygen atoms in total. The summed E-state index contributed by atoms with van der Waals surface area (Å²) in [5.41, 5.74) is 1.35. The van der Waals surface area contributed by atoms with E-state index < -0.39 is 0 Å². The number of rotatable bonds is 4. The summed E-state index contributed by atoms with van der Waals surface area (Å²) in [5.74, 6) is 2.20. The molecule has 1 aromatic rings. The molecule has 4 rings (SSSR count). The van der Waals surface area contributed by atoms with Crippen LogP contribution in [0, 0.1) is 5.92 Å². The first kappa shape index (κ1) is 13.9. The van der Waals surface area contributed by atoms with Crippen molar-refractivity contribution in [3.63, 3.8) is 0 Å². The molecule has 0 saturated heterocycles. The lowest BCUT2D eigenvalue weighted by atomic mass is 9.78. The van der Waals surface area contributed by atoms with Gasteiger partial charge in [0.05, 0.1) is 0 Å². The lowest BCUT2D eigenvalue weighted by Crippen LogP contribution is -2.39. The van der Waals surface area contributed by atoms with E-state index in [1.807, 2.05) is 6.07 Å². The molecule has 0 bridgehead atoms. The van der Waals surface area contributed by atoms with Gasteiger partial charge in [-0.1, -0.05) is 18.9 Å². The van der Waals surface area contributed by atoms with Crippen molar-refractivity contribution in [2.45, 2.75) is 43.9 Å². The van der Waals surface area contributed by atoms with Crippen molar-refractivity contribution in [2.24, 2.45) is 5.92 Å². The van der Waals surface area contributed by atoms with E-state index in [4.69, 9.17) is 9.47 Å². The van der Waals surface area contributed by atoms with Crippen LogP contribution in [-0.2, 0) is 10.2 Å². The van der Waals surface area contributed by atoms with Crippen LogP contribution >= 0.6 is 0 Å². The van der Waals surface area contributed by atoms with Crippen molar-refractivity contribution < 1.29 is 14.3 Å². The minimum Gasteiger partial charge on any atom is -0.486 e. The van der Waals surface area contributed by atoms with E-state index in [-0.39, 0.29) is 17.2 Å². The van der Waals surface area contributed by atoms with Gasteiger partial charge >= 0.3 is 0 Å². The summed E-state index contributed by atoms with van der Waals surface area (Å²) in [7, 11) is 0. The molecule has 118 valence electrons. The zero-order valence-corrected chi connectivity index (χ0v) is 12.9. The molecule has 2 fully saturated rings. The van der Waals surface area contributed by atoms with E-state index in [0.29, 0.717) is 13.2 Å². The first-order chi connectivity index (χ1) is 10.8. The van der Waals surface area contributed by atoms with Crippen molar-refractivity contribution in [3.05, 3.63) is 23.8 Å². The summed E-state index contributed by atoms with van der Waals surface area (Å²) in [6.07, 6.45) is 6.85. The third-order valence-corrected chi connectivity index (χ3v) is 5.26. The highest BCUT2D eigenvalue weighted by Crippen LogP contribution is 2.44. The molecule has 1 amide bonds. The summed E-state index contributed by atoms with van der Waals surface area (Å²) < 4.78 is 11.3. The Morgan fingerprint density at radius 2 is 1.86 bits per heavy atom. The van der Waals surface area contributed by atoms with Crippen LogP contribution in [0.4, 0.5) is 0 Å². The molecule has 22 heavy (non-hydrogen) atoms. The van der Waals surface area contributed by atoms with Crippen LogP contribution in [0.15, 0.2) is 18.2 Å². The second-order valence-electron chi connectivity index (χ2n) is 6.84. The van der Waals surface area contributed by atoms with Gasteiger partial charge in [-0.05, 0) is 43.4 Å². The summed E-state index contributed by atoms with van der Waals surface area (Å²) >= 11 is 0. The zero-order chi connectivity index (χ0) is 15.0. The zero-order valence-electron chi connectivity index (χ0n) is 12.9. The van der Waals surface area contributed by atoms with Crippen LogP contribution in [0.1, 0.15) is 44.1 Å². The van der Waals surface area contributed by atoms with Gasteiger partial charge in [-0.2, -0.15) is 0 Å². The molecular weight excluding hydrogens is 278 g/mol. The van der Waals surface area contributed by atoms with Crippen LogP contribution < -0.4 is 14.8 Å². The summed E-state index contributed by atoms with van der Waals surface area (Å²) in [4.78, 5) is 12.0. The fourth-order valence-electron chi connectivity index (χ4n) is 3.74. The number of nitrogens with one attached hydrogen (secondary N) is 1. The van der Waals surface area contributed by atoms with E-state index in [1.165, 1.54) is 18.4 Å². The van der Waals surface area contributed by atoms with Crippen molar-refractivity contribution in [1.82, 2.24) is 5.32 Å². The maximum absolute atomic E-state index is 12.0.